The third kappa shape index (κ3) is 3.60. The maximum absolute atomic E-state index is 11.9. The average molecular weight is 278 g/mol. The molecule has 4 heteroatoms. The topological polar surface area (TPSA) is 43.4 Å². The lowest BCUT2D eigenvalue weighted by Crippen LogP contribution is -2.20. The van der Waals surface area contributed by atoms with E-state index < -0.39 is 5.97 Å². The van der Waals surface area contributed by atoms with E-state index in [1.165, 1.54) is 17.4 Å². The van der Waals surface area contributed by atoms with E-state index in [0.29, 0.717) is 5.56 Å². The van der Waals surface area contributed by atoms with Gasteiger partial charge < -0.3 is 4.74 Å². The minimum absolute atomic E-state index is 0.146. The fourth-order valence-electron chi connectivity index (χ4n) is 2.08. The molecule has 0 amide bonds. The van der Waals surface area contributed by atoms with Crippen molar-refractivity contribution in [2.45, 2.75) is 43.3 Å². The summed E-state index contributed by atoms with van der Waals surface area (Å²) in [5, 5.41) is 0. The summed E-state index contributed by atoms with van der Waals surface area (Å²) in [6.45, 7) is 5.60. The number of rotatable bonds is 3. The van der Waals surface area contributed by atoms with Crippen molar-refractivity contribution in [3.63, 3.8) is 0 Å². The first-order valence-electron chi connectivity index (χ1n) is 6.36. The first-order valence-corrected chi connectivity index (χ1v) is 7.17. The fourth-order valence-corrected chi connectivity index (χ4v) is 3.31. The molecule has 1 heterocycles. The number of hydrogen-bond acceptors (Lipinski definition) is 4. The van der Waals surface area contributed by atoms with Crippen LogP contribution < -0.4 is 0 Å². The van der Waals surface area contributed by atoms with E-state index >= 15 is 0 Å². The Morgan fingerprint density at radius 3 is 2.79 bits per heavy atom. The van der Waals surface area contributed by atoms with Crippen LogP contribution in [-0.4, -0.2) is 23.1 Å². The predicted octanol–water partition coefficient (Wildman–Crippen LogP) is 3.25. The zero-order chi connectivity index (χ0) is 14.0. The Morgan fingerprint density at radius 1 is 1.37 bits per heavy atom. The Balaban J connectivity index is 2.14. The van der Waals surface area contributed by atoms with E-state index in [2.05, 4.69) is 13.8 Å². The number of benzene rings is 1. The van der Waals surface area contributed by atoms with Gasteiger partial charge in [0, 0.05) is 22.1 Å². The van der Waals surface area contributed by atoms with Crippen LogP contribution in [0.2, 0.25) is 0 Å². The van der Waals surface area contributed by atoms with Gasteiger partial charge in [-0.2, -0.15) is 0 Å². The normalized spacial score (nSPS) is 16.6. The highest BCUT2D eigenvalue weighted by Crippen LogP contribution is 2.42. The van der Waals surface area contributed by atoms with Gasteiger partial charge >= 0.3 is 5.97 Å². The molecule has 19 heavy (non-hydrogen) atoms. The van der Waals surface area contributed by atoms with Crippen LogP contribution in [0.4, 0.5) is 0 Å². The molecular weight excluding hydrogens is 260 g/mol. The lowest BCUT2D eigenvalue weighted by Gasteiger charge is -2.30. The van der Waals surface area contributed by atoms with Crippen molar-refractivity contribution in [3.05, 3.63) is 29.3 Å². The highest BCUT2D eigenvalue weighted by atomic mass is 32.2. The molecule has 0 N–H and O–H groups in total. The number of ketones is 1. The van der Waals surface area contributed by atoms with Gasteiger partial charge in [-0.1, -0.05) is 19.9 Å². The number of esters is 1. The van der Waals surface area contributed by atoms with Gasteiger partial charge in [0.05, 0.1) is 0 Å². The molecule has 0 saturated carbocycles. The molecule has 1 aromatic carbocycles. The minimum Gasteiger partial charge on any atom is -0.457 e. The molecule has 0 atom stereocenters. The van der Waals surface area contributed by atoms with Crippen LogP contribution in [0, 0.1) is 0 Å². The molecule has 2 rings (SSSR count). The lowest BCUT2D eigenvalue weighted by molar-refractivity contribution is -0.139. The van der Waals surface area contributed by atoms with Crippen LogP contribution >= 0.6 is 11.8 Å². The summed E-state index contributed by atoms with van der Waals surface area (Å²) in [5.41, 5.74) is 1.85. The van der Waals surface area contributed by atoms with Gasteiger partial charge in [0.1, 0.15) is 0 Å². The molecule has 0 fully saturated rings. The van der Waals surface area contributed by atoms with Crippen molar-refractivity contribution in [2.24, 2.45) is 0 Å². The second-order valence-corrected chi connectivity index (χ2v) is 7.14. The molecule has 1 aliphatic rings. The van der Waals surface area contributed by atoms with Crippen LogP contribution in [0.15, 0.2) is 23.1 Å². The first-order chi connectivity index (χ1) is 8.87. The molecule has 0 aromatic heterocycles. The molecule has 3 nitrogen and oxygen atoms in total. The largest absolute Gasteiger partial charge is 0.457 e. The zero-order valence-corrected chi connectivity index (χ0v) is 12.3. The Bertz CT molecular complexity index is 520. The van der Waals surface area contributed by atoms with Crippen molar-refractivity contribution in [3.8, 4) is 0 Å². The molecular formula is C15H18O3S. The van der Waals surface area contributed by atoms with Gasteiger partial charge in [-0.25, -0.2) is 0 Å². The Labute approximate surface area is 117 Å². The Kier molecular flexibility index (Phi) is 3.99. The summed E-state index contributed by atoms with van der Waals surface area (Å²) in [6, 6.07) is 5.75. The van der Waals surface area contributed by atoms with Crippen molar-refractivity contribution in [1.29, 1.82) is 0 Å². The fraction of sp³-hybridized carbons (Fsp3) is 0.467. The van der Waals surface area contributed by atoms with E-state index in [-0.39, 0.29) is 17.1 Å². The van der Waals surface area contributed by atoms with E-state index in [1.807, 2.05) is 30.0 Å². The van der Waals surface area contributed by atoms with Crippen LogP contribution in [0.5, 0.6) is 0 Å². The van der Waals surface area contributed by atoms with Gasteiger partial charge in [-0.3, -0.25) is 9.59 Å². The van der Waals surface area contributed by atoms with Crippen molar-refractivity contribution >= 4 is 23.5 Å². The monoisotopic (exact) mass is 278 g/mol. The molecule has 102 valence electrons. The standard InChI is InChI=1S/C15H18O3S/c1-10(16)18-9-13(17)11-4-5-14-12(8-11)6-7-15(2,3)19-14/h4-5,8H,6-7,9H2,1-3H3. The summed E-state index contributed by atoms with van der Waals surface area (Å²) in [6.07, 6.45) is 2.09. The Hall–Kier alpha value is -1.29. The van der Waals surface area contributed by atoms with Gasteiger partial charge in [-0.05, 0) is 30.5 Å². The number of hydrogen-bond donors (Lipinski definition) is 0. The second-order valence-electron chi connectivity index (χ2n) is 5.39. The first kappa shape index (κ1) is 14.1. The lowest BCUT2D eigenvalue weighted by atomic mass is 9.98. The quantitative estimate of drug-likeness (QED) is 0.629. The van der Waals surface area contributed by atoms with E-state index in [1.54, 1.807) is 0 Å². The summed E-state index contributed by atoms with van der Waals surface area (Å²) in [5.74, 6) is -0.573. The van der Waals surface area contributed by atoms with Crippen LogP contribution in [-0.2, 0) is 16.0 Å². The molecule has 0 aliphatic carbocycles. The number of fused-ring (bicyclic) bond motifs is 1. The SMILES string of the molecule is CC(=O)OCC(=O)c1ccc2c(c1)CCC(C)(C)S2. The van der Waals surface area contributed by atoms with Crippen LogP contribution in [0.1, 0.15) is 43.1 Å². The highest BCUT2D eigenvalue weighted by Gasteiger charge is 2.26. The molecule has 0 bridgehead atoms. The maximum Gasteiger partial charge on any atom is 0.303 e. The van der Waals surface area contributed by atoms with Gasteiger partial charge in [0.25, 0.3) is 0 Å². The van der Waals surface area contributed by atoms with Gasteiger partial charge in [0.15, 0.2) is 12.4 Å². The van der Waals surface area contributed by atoms with Crippen molar-refractivity contribution in [1.82, 2.24) is 0 Å². The predicted molar refractivity (Wildman–Crippen MR) is 75.7 cm³/mol. The number of Topliss-reactive ketones (excluding diaryl/α,β-unsaturated/α-hetero) is 1. The third-order valence-electron chi connectivity index (χ3n) is 3.17. The van der Waals surface area contributed by atoms with E-state index in [0.717, 1.165) is 12.8 Å². The van der Waals surface area contributed by atoms with E-state index in [9.17, 15) is 9.59 Å². The molecule has 0 spiro atoms. The highest BCUT2D eigenvalue weighted by molar-refractivity contribution is 8.00. The number of aryl methyl sites for hydroxylation is 1. The number of thioether (sulfide) groups is 1. The van der Waals surface area contributed by atoms with Gasteiger partial charge in [-0.15, -0.1) is 11.8 Å². The Morgan fingerprint density at radius 2 is 2.11 bits per heavy atom. The molecule has 1 aliphatic heterocycles. The summed E-state index contributed by atoms with van der Waals surface area (Å²) < 4.78 is 5.00. The number of ether oxygens (including phenoxy) is 1. The number of carbonyl (C=O) groups is 2. The van der Waals surface area contributed by atoms with Crippen molar-refractivity contribution in [2.75, 3.05) is 6.61 Å². The molecule has 0 saturated heterocycles. The van der Waals surface area contributed by atoms with Gasteiger partial charge in [0.2, 0.25) is 0 Å². The molecule has 1 aromatic rings. The summed E-state index contributed by atoms with van der Waals surface area (Å²) >= 11 is 1.86. The molecule has 0 radical (unpaired) electrons. The number of carbonyl (C=O) groups excluding carboxylic acids is 2. The average Bonchev–Trinajstić information content (AvgIpc) is 2.34. The zero-order valence-electron chi connectivity index (χ0n) is 11.5. The third-order valence-corrected chi connectivity index (χ3v) is 4.55. The smallest absolute Gasteiger partial charge is 0.303 e. The summed E-state index contributed by atoms with van der Waals surface area (Å²) in [4.78, 5) is 23.8. The van der Waals surface area contributed by atoms with Crippen LogP contribution in [0.3, 0.4) is 0 Å². The maximum atomic E-state index is 11.9. The summed E-state index contributed by atoms with van der Waals surface area (Å²) in [7, 11) is 0. The van der Waals surface area contributed by atoms with Crippen LogP contribution in [0.25, 0.3) is 0 Å². The minimum atomic E-state index is -0.427. The second kappa shape index (κ2) is 5.37. The molecule has 0 unspecified atom stereocenters. The van der Waals surface area contributed by atoms with E-state index in [4.69, 9.17) is 4.74 Å². The van der Waals surface area contributed by atoms with Crippen molar-refractivity contribution < 1.29 is 14.3 Å².